The van der Waals surface area contributed by atoms with E-state index in [-0.39, 0.29) is 35.9 Å². The maximum Gasteiger partial charge on any atom is 0.261 e. The van der Waals surface area contributed by atoms with Gasteiger partial charge in [-0.2, -0.15) is 0 Å². The zero-order valence-electron chi connectivity index (χ0n) is 22.2. The largest absolute Gasteiger partial charge is 0.504 e. The number of pyridine rings is 1. The summed E-state index contributed by atoms with van der Waals surface area (Å²) in [6.07, 6.45) is 1.38. The number of fused-ring (bicyclic) bond motifs is 1. The van der Waals surface area contributed by atoms with Gasteiger partial charge >= 0.3 is 0 Å². The molecule has 0 saturated carbocycles. The molecule has 2 amide bonds. The van der Waals surface area contributed by atoms with Crippen molar-refractivity contribution in [3.63, 3.8) is 0 Å². The van der Waals surface area contributed by atoms with Gasteiger partial charge in [0.2, 0.25) is 5.91 Å². The van der Waals surface area contributed by atoms with Gasteiger partial charge < -0.3 is 25.8 Å². The summed E-state index contributed by atoms with van der Waals surface area (Å²) < 4.78 is 0. The average Bonchev–Trinajstić information content (AvgIpc) is 2.96. The molecule has 5 rings (SSSR count). The number of H-pyrrole nitrogens is 1. The second kappa shape index (κ2) is 12.2. The van der Waals surface area contributed by atoms with Crippen molar-refractivity contribution >= 4 is 28.4 Å². The molecule has 0 aliphatic carbocycles. The lowest BCUT2D eigenvalue weighted by atomic mass is 10.0. The van der Waals surface area contributed by atoms with Crippen LogP contribution in [0.1, 0.15) is 32.6 Å². The molecule has 0 spiro atoms. The van der Waals surface area contributed by atoms with Crippen LogP contribution in [0.2, 0.25) is 0 Å². The van der Waals surface area contributed by atoms with Gasteiger partial charge in [-0.3, -0.25) is 14.4 Å². The van der Waals surface area contributed by atoms with Crippen LogP contribution in [0.25, 0.3) is 10.9 Å². The Kier molecular flexibility index (Phi) is 8.10. The summed E-state index contributed by atoms with van der Waals surface area (Å²) in [5, 5.41) is 25.2. The number of hydrogen-bond acceptors (Lipinski definition) is 5. The van der Waals surface area contributed by atoms with Gasteiger partial charge in [-0.05, 0) is 65.4 Å². The number of aromatic amines is 1. The molecule has 0 atom stereocenters. The number of hydrogen-bond donors (Lipinski definition) is 5. The molecule has 0 radical (unpaired) electrons. The first-order valence-electron chi connectivity index (χ1n) is 13.2. The maximum atomic E-state index is 12.9. The zero-order valence-corrected chi connectivity index (χ0v) is 22.2. The van der Waals surface area contributed by atoms with Crippen LogP contribution in [0.4, 0.5) is 5.69 Å². The molecular weight excluding hydrogens is 518 g/mol. The lowest BCUT2D eigenvalue weighted by Gasteiger charge is -2.11. The minimum Gasteiger partial charge on any atom is -0.504 e. The van der Waals surface area contributed by atoms with Crippen molar-refractivity contribution in [1.82, 2.24) is 10.3 Å². The summed E-state index contributed by atoms with van der Waals surface area (Å²) >= 11 is 0. The fourth-order valence-corrected chi connectivity index (χ4v) is 4.63. The quantitative estimate of drug-likeness (QED) is 0.171. The van der Waals surface area contributed by atoms with Gasteiger partial charge in [0.15, 0.2) is 11.5 Å². The number of carbonyl (C=O) groups is 2. The predicted molar refractivity (Wildman–Crippen MR) is 158 cm³/mol. The summed E-state index contributed by atoms with van der Waals surface area (Å²) in [6.45, 7) is 0.211. The normalized spacial score (nSPS) is 10.8. The predicted octanol–water partition coefficient (Wildman–Crippen LogP) is 4.68. The lowest BCUT2D eigenvalue weighted by Crippen LogP contribution is -2.31. The SMILES string of the molecule is O=C(Cc1ccc(Cc2ccccc2)cc1)Nc1cccc2[nH]c(=O)c(C(=O)NCCc3ccc(O)c(O)c3)cc12. The molecule has 41 heavy (non-hydrogen) atoms. The number of rotatable bonds is 9. The second-order valence-corrected chi connectivity index (χ2v) is 9.81. The Morgan fingerprint density at radius 3 is 2.20 bits per heavy atom. The van der Waals surface area contributed by atoms with Crippen LogP contribution in [0.3, 0.4) is 0 Å². The summed E-state index contributed by atoms with van der Waals surface area (Å²) in [7, 11) is 0. The zero-order chi connectivity index (χ0) is 28.8. The van der Waals surface area contributed by atoms with Crippen molar-refractivity contribution in [2.45, 2.75) is 19.3 Å². The van der Waals surface area contributed by atoms with E-state index in [4.69, 9.17) is 0 Å². The number of anilines is 1. The molecule has 8 heteroatoms. The van der Waals surface area contributed by atoms with E-state index in [0.717, 1.165) is 17.5 Å². The number of phenolic OH excluding ortho intramolecular Hbond substituents is 2. The van der Waals surface area contributed by atoms with Gasteiger partial charge in [0.25, 0.3) is 11.5 Å². The monoisotopic (exact) mass is 547 g/mol. The van der Waals surface area contributed by atoms with E-state index >= 15 is 0 Å². The highest BCUT2D eigenvalue weighted by Crippen LogP contribution is 2.25. The Morgan fingerprint density at radius 1 is 0.732 bits per heavy atom. The van der Waals surface area contributed by atoms with Crippen molar-refractivity contribution < 1.29 is 19.8 Å². The highest BCUT2D eigenvalue weighted by molar-refractivity contribution is 6.04. The molecule has 4 aromatic carbocycles. The third kappa shape index (κ3) is 6.80. The Bertz CT molecular complexity index is 1760. The molecule has 206 valence electrons. The summed E-state index contributed by atoms with van der Waals surface area (Å²) in [6, 6.07) is 29.2. The van der Waals surface area contributed by atoms with E-state index in [2.05, 4.69) is 27.8 Å². The number of aromatic hydroxyl groups is 2. The highest BCUT2D eigenvalue weighted by Gasteiger charge is 2.15. The standard InChI is InChI=1S/C33H29N3O5/c37-29-14-13-24(18-30(29)38)15-16-34-32(40)26-20-25-27(7-4-8-28(25)36-33(26)41)35-31(39)19-23-11-9-22(10-12-23)17-21-5-2-1-3-6-21/h1-14,18,20,37-38H,15-17,19H2,(H,34,40)(H,35,39)(H,36,41). The second-order valence-electron chi connectivity index (χ2n) is 9.81. The Morgan fingerprint density at radius 2 is 1.44 bits per heavy atom. The first-order chi connectivity index (χ1) is 19.9. The van der Waals surface area contributed by atoms with Crippen molar-refractivity contribution in [2.24, 2.45) is 0 Å². The number of benzene rings is 4. The van der Waals surface area contributed by atoms with E-state index in [1.807, 2.05) is 42.5 Å². The topological polar surface area (TPSA) is 132 Å². The van der Waals surface area contributed by atoms with Gasteiger partial charge in [-0.15, -0.1) is 0 Å². The van der Waals surface area contributed by atoms with E-state index in [0.29, 0.717) is 28.6 Å². The molecule has 0 aliphatic rings. The third-order valence-electron chi connectivity index (χ3n) is 6.78. The number of carbonyl (C=O) groups excluding carboxylic acids is 2. The van der Waals surface area contributed by atoms with Gasteiger partial charge in [0.05, 0.1) is 17.6 Å². The smallest absolute Gasteiger partial charge is 0.261 e. The Balaban J connectivity index is 1.25. The molecule has 0 aliphatic heterocycles. The van der Waals surface area contributed by atoms with Gasteiger partial charge in [-0.25, -0.2) is 0 Å². The van der Waals surface area contributed by atoms with Crippen LogP contribution >= 0.6 is 0 Å². The molecule has 1 heterocycles. The third-order valence-corrected chi connectivity index (χ3v) is 6.78. The van der Waals surface area contributed by atoms with Crippen LogP contribution in [0, 0.1) is 0 Å². The summed E-state index contributed by atoms with van der Waals surface area (Å²) in [4.78, 5) is 41.1. The fourth-order valence-electron chi connectivity index (χ4n) is 4.63. The van der Waals surface area contributed by atoms with Crippen molar-refractivity contribution in [3.8, 4) is 11.5 Å². The number of nitrogens with one attached hydrogen (secondary N) is 3. The van der Waals surface area contributed by atoms with Crippen LogP contribution in [0.15, 0.2) is 102 Å². The van der Waals surface area contributed by atoms with E-state index in [9.17, 15) is 24.6 Å². The van der Waals surface area contributed by atoms with Gasteiger partial charge in [0, 0.05) is 11.9 Å². The molecule has 0 unspecified atom stereocenters. The number of amides is 2. The fraction of sp³-hybridized carbons (Fsp3) is 0.121. The highest BCUT2D eigenvalue weighted by atomic mass is 16.3. The first-order valence-corrected chi connectivity index (χ1v) is 13.2. The van der Waals surface area contributed by atoms with Gasteiger partial charge in [-0.1, -0.05) is 66.7 Å². The van der Waals surface area contributed by atoms with Crippen molar-refractivity contribution in [2.75, 3.05) is 11.9 Å². The average molecular weight is 548 g/mol. The maximum absolute atomic E-state index is 12.9. The minimum absolute atomic E-state index is 0.0817. The Labute approximate surface area is 236 Å². The lowest BCUT2D eigenvalue weighted by molar-refractivity contribution is -0.115. The van der Waals surface area contributed by atoms with E-state index in [1.54, 1.807) is 24.3 Å². The molecule has 0 bridgehead atoms. The van der Waals surface area contributed by atoms with Crippen LogP contribution in [-0.2, 0) is 24.1 Å². The van der Waals surface area contributed by atoms with E-state index < -0.39 is 11.5 Å². The summed E-state index contributed by atoms with van der Waals surface area (Å²) in [5.41, 5.74) is 4.31. The van der Waals surface area contributed by atoms with Crippen LogP contribution in [-0.4, -0.2) is 33.6 Å². The molecule has 1 aromatic heterocycles. The molecule has 0 fully saturated rings. The molecule has 5 aromatic rings. The molecule has 0 saturated heterocycles. The molecule has 5 N–H and O–H groups in total. The minimum atomic E-state index is -0.562. The molecular formula is C33H29N3O5. The number of aromatic nitrogens is 1. The first kappa shape index (κ1) is 27.2. The Hall–Kier alpha value is -5.37. The van der Waals surface area contributed by atoms with Crippen LogP contribution < -0.4 is 16.2 Å². The summed E-state index contributed by atoms with van der Waals surface area (Å²) in [5.74, 6) is -1.25. The van der Waals surface area contributed by atoms with E-state index in [1.165, 1.54) is 23.8 Å². The van der Waals surface area contributed by atoms with Gasteiger partial charge in [0.1, 0.15) is 5.56 Å². The number of phenols is 2. The molecule has 8 nitrogen and oxygen atoms in total. The van der Waals surface area contributed by atoms with Crippen LogP contribution in [0.5, 0.6) is 11.5 Å². The van der Waals surface area contributed by atoms with Crippen molar-refractivity contribution in [3.05, 3.63) is 135 Å². The van der Waals surface area contributed by atoms with Crippen molar-refractivity contribution in [1.29, 1.82) is 0 Å².